The minimum atomic E-state index is -0.271. The van der Waals surface area contributed by atoms with Gasteiger partial charge in [-0.3, -0.25) is 9.59 Å². The van der Waals surface area contributed by atoms with Crippen LogP contribution in [0.5, 0.6) is 0 Å². The van der Waals surface area contributed by atoms with Gasteiger partial charge in [0.2, 0.25) is 11.8 Å². The van der Waals surface area contributed by atoms with Gasteiger partial charge in [0.1, 0.15) is 0 Å². The minimum absolute atomic E-state index is 0.0933. The number of carbonyl (C=O) groups excluding carboxylic acids is 2. The Balaban J connectivity index is 1.97. The molecule has 5 nitrogen and oxygen atoms in total. The quantitative estimate of drug-likeness (QED) is 0.870. The van der Waals surface area contributed by atoms with Crippen molar-refractivity contribution in [2.24, 2.45) is 11.7 Å². The second-order valence-electron chi connectivity index (χ2n) is 6.45. The normalized spacial score (nSPS) is 18.3. The summed E-state index contributed by atoms with van der Waals surface area (Å²) in [7, 11) is 0. The number of nitrogens with two attached hydrogens (primary N) is 1. The van der Waals surface area contributed by atoms with E-state index in [1.54, 1.807) is 0 Å². The van der Waals surface area contributed by atoms with Crippen LogP contribution in [-0.4, -0.2) is 35.8 Å². The van der Waals surface area contributed by atoms with Crippen LogP contribution in [0, 0.1) is 5.92 Å². The lowest BCUT2D eigenvalue weighted by atomic mass is 9.90. The van der Waals surface area contributed by atoms with Crippen LogP contribution in [0.2, 0.25) is 0 Å². The van der Waals surface area contributed by atoms with E-state index in [9.17, 15) is 9.59 Å². The number of amides is 2. The number of nitrogens with one attached hydrogen (secondary N) is 1. The molecule has 23 heavy (non-hydrogen) atoms. The SMILES string of the molecule is CC(=O)NC(CC(=O)N1CCC(C(C)N)CC1)c1ccccc1. The zero-order valence-electron chi connectivity index (χ0n) is 14.0. The van der Waals surface area contributed by atoms with Gasteiger partial charge in [-0.25, -0.2) is 0 Å². The second kappa shape index (κ2) is 8.11. The first-order chi connectivity index (χ1) is 11.0. The minimum Gasteiger partial charge on any atom is -0.349 e. The van der Waals surface area contributed by atoms with Gasteiger partial charge in [0.05, 0.1) is 12.5 Å². The third-order valence-corrected chi connectivity index (χ3v) is 4.59. The lowest BCUT2D eigenvalue weighted by molar-refractivity contribution is -0.133. The van der Waals surface area contributed by atoms with Crippen LogP contribution in [0.25, 0.3) is 0 Å². The molecule has 1 aliphatic heterocycles. The summed E-state index contributed by atoms with van der Waals surface area (Å²) in [5, 5.41) is 2.89. The first kappa shape index (κ1) is 17.5. The molecule has 1 aliphatic rings. The zero-order valence-corrected chi connectivity index (χ0v) is 14.0. The van der Waals surface area contributed by atoms with Crippen molar-refractivity contribution in [3.8, 4) is 0 Å². The van der Waals surface area contributed by atoms with Crippen LogP contribution in [0.15, 0.2) is 30.3 Å². The Hall–Kier alpha value is -1.88. The van der Waals surface area contributed by atoms with Crippen molar-refractivity contribution in [1.29, 1.82) is 0 Å². The second-order valence-corrected chi connectivity index (χ2v) is 6.45. The number of piperidine rings is 1. The molecule has 0 bridgehead atoms. The Morgan fingerprint density at radius 2 is 1.87 bits per heavy atom. The van der Waals surface area contributed by atoms with E-state index in [0.717, 1.165) is 31.5 Å². The van der Waals surface area contributed by atoms with Gasteiger partial charge in [-0.1, -0.05) is 30.3 Å². The predicted octanol–water partition coefficient (Wildman–Crippen LogP) is 1.84. The van der Waals surface area contributed by atoms with Gasteiger partial charge in [0, 0.05) is 26.1 Å². The average molecular weight is 317 g/mol. The Morgan fingerprint density at radius 1 is 1.26 bits per heavy atom. The summed E-state index contributed by atoms with van der Waals surface area (Å²) in [6.07, 6.45) is 2.21. The molecule has 1 saturated heterocycles. The molecule has 0 aliphatic carbocycles. The molecule has 1 fully saturated rings. The van der Waals surface area contributed by atoms with Gasteiger partial charge >= 0.3 is 0 Å². The number of carbonyl (C=O) groups is 2. The van der Waals surface area contributed by atoms with Crippen LogP contribution >= 0.6 is 0 Å². The number of benzene rings is 1. The molecule has 0 aromatic heterocycles. The van der Waals surface area contributed by atoms with Gasteiger partial charge in [0.15, 0.2) is 0 Å². The molecule has 1 aromatic rings. The maximum absolute atomic E-state index is 12.6. The van der Waals surface area contributed by atoms with E-state index in [4.69, 9.17) is 5.73 Å². The fourth-order valence-electron chi connectivity index (χ4n) is 3.16. The molecule has 1 heterocycles. The molecule has 2 atom stereocenters. The maximum atomic E-state index is 12.6. The highest BCUT2D eigenvalue weighted by molar-refractivity contribution is 5.79. The van der Waals surface area contributed by atoms with Crippen molar-refractivity contribution in [3.63, 3.8) is 0 Å². The summed E-state index contributed by atoms with van der Waals surface area (Å²) >= 11 is 0. The molecule has 5 heteroatoms. The fourth-order valence-corrected chi connectivity index (χ4v) is 3.16. The first-order valence-electron chi connectivity index (χ1n) is 8.32. The van der Waals surface area contributed by atoms with Gasteiger partial charge in [-0.05, 0) is 31.2 Å². The van der Waals surface area contributed by atoms with Crippen LogP contribution in [0.3, 0.4) is 0 Å². The molecule has 2 amide bonds. The number of rotatable bonds is 5. The summed E-state index contributed by atoms with van der Waals surface area (Å²) < 4.78 is 0. The van der Waals surface area contributed by atoms with Crippen molar-refractivity contribution in [2.45, 2.75) is 45.2 Å². The van der Waals surface area contributed by atoms with Gasteiger partial charge in [0.25, 0.3) is 0 Å². The van der Waals surface area contributed by atoms with Crippen LogP contribution < -0.4 is 11.1 Å². The van der Waals surface area contributed by atoms with Gasteiger partial charge in [-0.15, -0.1) is 0 Å². The van der Waals surface area contributed by atoms with Gasteiger partial charge < -0.3 is 16.0 Å². The third kappa shape index (κ3) is 5.06. The smallest absolute Gasteiger partial charge is 0.224 e. The molecule has 0 radical (unpaired) electrons. The molecule has 126 valence electrons. The third-order valence-electron chi connectivity index (χ3n) is 4.59. The van der Waals surface area contributed by atoms with Crippen molar-refractivity contribution in [2.75, 3.05) is 13.1 Å². The van der Waals surface area contributed by atoms with Crippen LogP contribution in [-0.2, 0) is 9.59 Å². The van der Waals surface area contributed by atoms with Crippen molar-refractivity contribution in [1.82, 2.24) is 10.2 Å². The van der Waals surface area contributed by atoms with Crippen molar-refractivity contribution >= 4 is 11.8 Å². The summed E-state index contributed by atoms with van der Waals surface area (Å²) in [6.45, 7) is 5.03. The van der Waals surface area contributed by atoms with E-state index in [0.29, 0.717) is 12.3 Å². The Labute approximate surface area is 138 Å². The standard InChI is InChI=1S/C18H27N3O2/c1-13(19)15-8-10-21(11-9-15)18(23)12-17(20-14(2)22)16-6-4-3-5-7-16/h3-7,13,15,17H,8-12,19H2,1-2H3,(H,20,22). The van der Waals surface area contributed by atoms with Crippen molar-refractivity contribution in [3.05, 3.63) is 35.9 Å². The topological polar surface area (TPSA) is 75.4 Å². The van der Waals surface area contributed by atoms with E-state index in [-0.39, 0.29) is 23.9 Å². The molecular weight excluding hydrogens is 290 g/mol. The first-order valence-corrected chi connectivity index (χ1v) is 8.32. The summed E-state index contributed by atoms with van der Waals surface area (Å²) in [5.74, 6) is 0.470. The van der Waals surface area contributed by atoms with Crippen LogP contribution in [0.4, 0.5) is 0 Å². The van der Waals surface area contributed by atoms with Crippen molar-refractivity contribution < 1.29 is 9.59 Å². The maximum Gasteiger partial charge on any atom is 0.224 e. The Bertz CT molecular complexity index is 522. The highest BCUT2D eigenvalue weighted by atomic mass is 16.2. The number of nitrogens with zero attached hydrogens (tertiary/aromatic N) is 1. The zero-order chi connectivity index (χ0) is 16.8. The molecule has 0 spiro atoms. The largest absolute Gasteiger partial charge is 0.349 e. The highest BCUT2D eigenvalue weighted by Crippen LogP contribution is 2.23. The Kier molecular flexibility index (Phi) is 6.16. The molecular formula is C18H27N3O2. The molecule has 2 rings (SSSR count). The molecule has 2 unspecified atom stereocenters. The lowest BCUT2D eigenvalue weighted by Crippen LogP contribution is -2.43. The number of hydrogen-bond acceptors (Lipinski definition) is 3. The summed E-state index contributed by atoms with van der Waals surface area (Å²) in [6, 6.07) is 9.56. The van der Waals surface area contributed by atoms with E-state index in [1.807, 2.05) is 42.2 Å². The highest BCUT2D eigenvalue weighted by Gasteiger charge is 2.26. The van der Waals surface area contributed by atoms with E-state index < -0.39 is 0 Å². The van der Waals surface area contributed by atoms with E-state index >= 15 is 0 Å². The molecule has 0 saturated carbocycles. The predicted molar refractivity (Wildman–Crippen MR) is 90.6 cm³/mol. The monoisotopic (exact) mass is 317 g/mol. The number of hydrogen-bond donors (Lipinski definition) is 2. The van der Waals surface area contributed by atoms with E-state index in [2.05, 4.69) is 5.32 Å². The molecule has 1 aromatic carbocycles. The Morgan fingerprint density at radius 3 is 2.39 bits per heavy atom. The molecule has 3 N–H and O–H groups in total. The van der Waals surface area contributed by atoms with Gasteiger partial charge in [-0.2, -0.15) is 0 Å². The number of likely N-dealkylation sites (tertiary alicyclic amines) is 1. The lowest BCUT2D eigenvalue weighted by Gasteiger charge is -2.34. The fraction of sp³-hybridized carbons (Fsp3) is 0.556. The average Bonchev–Trinajstić information content (AvgIpc) is 2.54. The summed E-state index contributed by atoms with van der Waals surface area (Å²) in [4.78, 5) is 25.9. The summed E-state index contributed by atoms with van der Waals surface area (Å²) in [5.41, 5.74) is 6.91. The van der Waals surface area contributed by atoms with E-state index in [1.165, 1.54) is 6.92 Å². The van der Waals surface area contributed by atoms with Crippen LogP contribution in [0.1, 0.15) is 44.7 Å².